The zero-order chi connectivity index (χ0) is 23.5. The Bertz CT molecular complexity index is 634. The van der Waals surface area contributed by atoms with Crippen molar-refractivity contribution in [3.8, 4) is 0 Å². The molecule has 4 heteroatoms. The first-order valence-electron chi connectivity index (χ1n) is 12.4. The lowest BCUT2D eigenvalue weighted by atomic mass is 10.1. The molecule has 0 saturated heterocycles. The van der Waals surface area contributed by atoms with Crippen molar-refractivity contribution in [1.29, 1.82) is 0 Å². The first-order chi connectivity index (χ1) is 14.9. The van der Waals surface area contributed by atoms with Crippen LogP contribution in [0.3, 0.4) is 0 Å². The van der Waals surface area contributed by atoms with Gasteiger partial charge < -0.3 is 15.5 Å². The lowest BCUT2D eigenvalue weighted by molar-refractivity contribution is 0.284. The summed E-state index contributed by atoms with van der Waals surface area (Å²) in [6.07, 6.45) is 11.3. The quantitative estimate of drug-likeness (QED) is 0.258. The van der Waals surface area contributed by atoms with Crippen LogP contribution in [-0.4, -0.2) is 43.1 Å². The molecule has 0 amide bonds. The van der Waals surface area contributed by atoms with E-state index in [-0.39, 0.29) is 0 Å². The number of rotatable bonds is 14. The molecule has 178 valence electrons. The van der Waals surface area contributed by atoms with Gasteiger partial charge in [-0.05, 0) is 76.7 Å². The van der Waals surface area contributed by atoms with E-state index in [0.29, 0.717) is 0 Å². The maximum absolute atomic E-state index is 4.76. The number of hydrogen-bond acceptors (Lipinski definition) is 4. The fraction of sp³-hybridized carbons (Fsp3) is 0.667. The van der Waals surface area contributed by atoms with Gasteiger partial charge in [0.25, 0.3) is 0 Å². The maximum Gasteiger partial charge on any atom is 0.129 e. The molecule has 0 unspecified atom stereocenters. The van der Waals surface area contributed by atoms with Gasteiger partial charge in [0, 0.05) is 31.5 Å². The number of nitrogens with zero attached hydrogens (tertiary/aromatic N) is 2. The van der Waals surface area contributed by atoms with E-state index < -0.39 is 0 Å². The Hall–Kier alpha value is -1.81. The second-order valence-corrected chi connectivity index (χ2v) is 8.12. The number of hydrogen-bond donors (Lipinski definition) is 2. The monoisotopic (exact) mass is 430 g/mol. The van der Waals surface area contributed by atoms with E-state index in [1.807, 2.05) is 7.05 Å². The molecule has 4 nitrogen and oxygen atoms in total. The van der Waals surface area contributed by atoms with Crippen molar-refractivity contribution in [2.75, 3.05) is 38.5 Å². The highest BCUT2D eigenvalue weighted by Gasteiger charge is 2.05. The zero-order valence-corrected chi connectivity index (χ0v) is 21.8. The van der Waals surface area contributed by atoms with Crippen LogP contribution in [0, 0.1) is 0 Å². The van der Waals surface area contributed by atoms with E-state index in [1.165, 1.54) is 41.8 Å². The molecule has 1 aromatic rings. The van der Waals surface area contributed by atoms with E-state index >= 15 is 0 Å². The summed E-state index contributed by atoms with van der Waals surface area (Å²) in [6, 6.07) is 4.40. The summed E-state index contributed by atoms with van der Waals surface area (Å²) in [5, 5.41) is 6.76. The van der Waals surface area contributed by atoms with Gasteiger partial charge in [0.15, 0.2) is 0 Å². The van der Waals surface area contributed by atoms with Crippen LogP contribution in [0.1, 0.15) is 85.4 Å². The molecule has 0 bridgehead atoms. The minimum Gasteiger partial charge on any atom is -0.387 e. The molecule has 0 aromatic carbocycles. The third-order valence-corrected chi connectivity index (χ3v) is 5.06. The van der Waals surface area contributed by atoms with Gasteiger partial charge >= 0.3 is 0 Å². The summed E-state index contributed by atoms with van der Waals surface area (Å²) in [4.78, 5) is 7.29. The smallest absolute Gasteiger partial charge is 0.129 e. The Morgan fingerprint density at radius 2 is 1.74 bits per heavy atom. The van der Waals surface area contributed by atoms with Crippen LogP contribution < -0.4 is 10.6 Å². The third-order valence-electron chi connectivity index (χ3n) is 5.06. The Kier molecular flexibility index (Phi) is 17.8. The molecular weight excluding hydrogens is 380 g/mol. The van der Waals surface area contributed by atoms with E-state index in [9.17, 15) is 0 Å². The van der Waals surface area contributed by atoms with Gasteiger partial charge in [-0.25, -0.2) is 4.98 Å². The molecule has 1 aromatic heterocycles. The zero-order valence-electron chi connectivity index (χ0n) is 21.8. The number of anilines is 1. The van der Waals surface area contributed by atoms with Crippen molar-refractivity contribution < 1.29 is 0 Å². The highest BCUT2D eigenvalue weighted by molar-refractivity contribution is 5.44. The first-order valence-corrected chi connectivity index (χ1v) is 12.4. The standard InChI is InChI=1S/C24H42N4.C3H8/c1-7-12-20(4)19-21(5)26-16-18-28(9-3)17-11-10-13-23-15-14-22(8-2)24(25-6)27-23;1-3-2/h12,14-15,19,26H,7-11,13,16-18H2,1-6H3,(H,25,27);3H2,1-2H3/b20-12+,21-19-;. The first kappa shape index (κ1) is 29.2. The number of aromatic nitrogens is 1. The predicted octanol–water partition coefficient (Wildman–Crippen LogP) is 6.60. The average molecular weight is 431 g/mol. The van der Waals surface area contributed by atoms with E-state index in [0.717, 1.165) is 51.3 Å². The molecule has 1 rings (SSSR count). The number of nitrogens with one attached hydrogen (secondary N) is 2. The molecule has 2 N–H and O–H groups in total. The van der Waals surface area contributed by atoms with E-state index in [2.05, 4.69) is 88.3 Å². The molecule has 1 heterocycles. The van der Waals surface area contributed by atoms with Gasteiger partial charge in [0.2, 0.25) is 0 Å². The van der Waals surface area contributed by atoms with Crippen LogP contribution in [-0.2, 0) is 12.8 Å². The molecule has 0 atom stereocenters. The molecule has 0 fully saturated rings. The normalized spacial score (nSPS) is 11.9. The van der Waals surface area contributed by atoms with E-state index in [4.69, 9.17) is 4.98 Å². The largest absolute Gasteiger partial charge is 0.387 e. The van der Waals surface area contributed by atoms with Gasteiger partial charge in [-0.15, -0.1) is 0 Å². The van der Waals surface area contributed by atoms with Gasteiger partial charge in [0.05, 0.1) is 0 Å². The summed E-state index contributed by atoms with van der Waals surface area (Å²) in [5.74, 6) is 1.04. The third kappa shape index (κ3) is 14.0. The minimum atomic E-state index is 1.00. The van der Waals surface area contributed by atoms with Crippen LogP contribution in [0.4, 0.5) is 5.82 Å². The predicted molar refractivity (Wildman–Crippen MR) is 140 cm³/mol. The maximum atomic E-state index is 4.76. The number of allylic oxidation sites excluding steroid dienone is 4. The molecule has 0 spiro atoms. The van der Waals surface area contributed by atoms with Gasteiger partial charge in [-0.2, -0.15) is 0 Å². The Balaban J connectivity index is 0.00000282. The minimum absolute atomic E-state index is 1.00. The fourth-order valence-electron chi connectivity index (χ4n) is 3.42. The van der Waals surface area contributed by atoms with Crippen molar-refractivity contribution in [2.24, 2.45) is 0 Å². The molecular formula is C27H50N4. The SMILES string of the molecule is CC/C=C(C)/C=C(/C)NCCN(CC)CCCCc1ccc(CC)c(NC)n1.CCC. The van der Waals surface area contributed by atoms with Crippen molar-refractivity contribution in [1.82, 2.24) is 15.2 Å². The van der Waals surface area contributed by atoms with Crippen LogP contribution in [0.2, 0.25) is 0 Å². The molecule has 0 aliphatic carbocycles. The summed E-state index contributed by atoms with van der Waals surface area (Å²) in [7, 11) is 1.96. The lowest BCUT2D eigenvalue weighted by Crippen LogP contribution is -2.32. The Labute approximate surface area is 193 Å². The highest BCUT2D eigenvalue weighted by Crippen LogP contribution is 2.15. The van der Waals surface area contributed by atoms with Crippen LogP contribution in [0.5, 0.6) is 0 Å². The molecule has 0 radical (unpaired) electrons. The van der Waals surface area contributed by atoms with Gasteiger partial charge in [0.1, 0.15) is 5.82 Å². The topological polar surface area (TPSA) is 40.2 Å². The second-order valence-electron chi connectivity index (χ2n) is 8.12. The molecule has 0 aliphatic heterocycles. The van der Waals surface area contributed by atoms with Crippen molar-refractivity contribution >= 4 is 5.82 Å². The van der Waals surface area contributed by atoms with Crippen molar-refractivity contribution in [3.05, 3.63) is 46.8 Å². The number of pyridine rings is 1. The number of aryl methyl sites for hydroxylation is 2. The summed E-state index contributed by atoms with van der Waals surface area (Å²) < 4.78 is 0. The summed E-state index contributed by atoms with van der Waals surface area (Å²) in [5.41, 5.74) is 5.07. The lowest BCUT2D eigenvalue weighted by Gasteiger charge is -2.21. The van der Waals surface area contributed by atoms with Crippen LogP contribution in [0.15, 0.2) is 35.6 Å². The van der Waals surface area contributed by atoms with E-state index in [1.54, 1.807) is 0 Å². The van der Waals surface area contributed by atoms with Crippen molar-refractivity contribution in [2.45, 2.75) is 87.0 Å². The second kappa shape index (κ2) is 18.9. The Morgan fingerprint density at radius 3 is 2.32 bits per heavy atom. The van der Waals surface area contributed by atoms with Crippen LogP contribution >= 0.6 is 0 Å². The molecule has 0 saturated carbocycles. The summed E-state index contributed by atoms with van der Waals surface area (Å²) in [6.45, 7) is 19.5. The Morgan fingerprint density at radius 1 is 1.03 bits per heavy atom. The van der Waals surface area contributed by atoms with Crippen molar-refractivity contribution in [3.63, 3.8) is 0 Å². The van der Waals surface area contributed by atoms with Crippen LogP contribution in [0.25, 0.3) is 0 Å². The average Bonchev–Trinajstić information content (AvgIpc) is 2.75. The highest BCUT2D eigenvalue weighted by atomic mass is 15.1. The van der Waals surface area contributed by atoms with Gasteiger partial charge in [-0.3, -0.25) is 0 Å². The van der Waals surface area contributed by atoms with Gasteiger partial charge in [-0.1, -0.05) is 58.8 Å². The molecule has 31 heavy (non-hydrogen) atoms. The molecule has 0 aliphatic rings. The summed E-state index contributed by atoms with van der Waals surface area (Å²) >= 11 is 0. The number of likely N-dealkylation sites (N-methyl/N-ethyl adjacent to an activating group) is 1. The fourth-order valence-corrected chi connectivity index (χ4v) is 3.42. The number of unbranched alkanes of at least 4 members (excludes halogenated alkanes) is 1.